The SMILES string of the molecule is CC(C)NCCCCC(=O)N1CC(OP(=O)(O)OC[C@@H]2C[C@@H](OC(C)C)CN2C(=O)CCCCCC(=O)C(C)C)C[C@H]1CO. The van der Waals surface area contributed by atoms with Gasteiger partial charge in [0.2, 0.25) is 11.8 Å². The molecule has 2 rings (SSSR count). The van der Waals surface area contributed by atoms with Crippen LogP contribution in [0.2, 0.25) is 0 Å². The first kappa shape index (κ1) is 38.8. The van der Waals surface area contributed by atoms with Crippen LogP contribution in [0.1, 0.15) is 106 Å². The van der Waals surface area contributed by atoms with E-state index in [4.69, 9.17) is 13.8 Å². The molecule has 256 valence electrons. The van der Waals surface area contributed by atoms with Crippen LogP contribution in [0.15, 0.2) is 0 Å². The van der Waals surface area contributed by atoms with Crippen LogP contribution in [0.3, 0.4) is 0 Å². The molecule has 0 aromatic carbocycles. The molecule has 0 aromatic rings. The van der Waals surface area contributed by atoms with E-state index in [1.54, 1.807) is 4.90 Å². The number of aliphatic hydroxyl groups is 1. The Hall–Kier alpha value is -1.40. The first-order chi connectivity index (χ1) is 20.7. The Labute approximate surface area is 264 Å². The van der Waals surface area contributed by atoms with Crippen LogP contribution >= 0.6 is 7.82 Å². The van der Waals surface area contributed by atoms with Gasteiger partial charge < -0.3 is 29.9 Å². The van der Waals surface area contributed by atoms with E-state index in [9.17, 15) is 28.9 Å². The van der Waals surface area contributed by atoms with Gasteiger partial charge in [-0.05, 0) is 58.9 Å². The number of ketones is 1. The van der Waals surface area contributed by atoms with Gasteiger partial charge in [-0.2, -0.15) is 0 Å². The highest BCUT2D eigenvalue weighted by Crippen LogP contribution is 2.47. The Bertz CT molecular complexity index is 948. The third-order valence-corrected chi connectivity index (χ3v) is 9.15. The zero-order valence-corrected chi connectivity index (χ0v) is 28.6. The van der Waals surface area contributed by atoms with E-state index in [0.717, 1.165) is 25.8 Å². The molecule has 0 spiro atoms. The number of likely N-dealkylation sites (tertiary alicyclic amines) is 2. The Balaban J connectivity index is 1.87. The van der Waals surface area contributed by atoms with Crippen LogP contribution in [-0.4, -0.2) is 107 Å². The lowest BCUT2D eigenvalue weighted by atomic mass is 10.0. The smallest absolute Gasteiger partial charge is 0.394 e. The molecule has 2 aliphatic rings. The monoisotopic (exact) mass is 647 g/mol. The van der Waals surface area contributed by atoms with E-state index in [0.29, 0.717) is 51.1 Å². The van der Waals surface area contributed by atoms with Gasteiger partial charge >= 0.3 is 7.82 Å². The molecule has 2 fully saturated rings. The number of hydrogen-bond acceptors (Lipinski definition) is 9. The predicted molar refractivity (Wildman–Crippen MR) is 168 cm³/mol. The number of nitrogens with one attached hydrogen (secondary N) is 1. The van der Waals surface area contributed by atoms with Crippen molar-refractivity contribution in [1.82, 2.24) is 15.1 Å². The van der Waals surface area contributed by atoms with Crippen molar-refractivity contribution in [1.29, 1.82) is 0 Å². The first-order valence-electron chi connectivity index (χ1n) is 16.5. The van der Waals surface area contributed by atoms with Crippen molar-refractivity contribution in [2.75, 3.05) is 32.8 Å². The number of phosphoric acid groups is 1. The molecular weight excluding hydrogens is 589 g/mol. The van der Waals surface area contributed by atoms with Gasteiger partial charge in [0.1, 0.15) is 5.78 Å². The first-order valence-corrected chi connectivity index (χ1v) is 18.0. The lowest BCUT2D eigenvalue weighted by Gasteiger charge is -2.26. The highest BCUT2D eigenvalue weighted by atomic mass is 31.2. The summed E-state index contributed by atoms with van der Waals surface area (Å²) in [5.41, 5.74) is 0. The lowest BCUT2D eigenvalue weighted by molar-refractivity contribution is -0.133. The zero-order chi connectivity index (χ0) is 32.9. The van der Waals surface area contributed by atoms with E-state index in [1.165, 1.54) is 4.90 Å². The maximum atomic E-state index is 13.1. The number of carbonyl (C=O) groups excluding carboxylic acids is 3. The van der Waals surface area contributed by atoms with Gasteiger partial charge in [0.05, 0.1) is 43.6 Å². The zero-order valence-electron chi connectivity index (χ0n) is 27.7. The number of Topliss-reactive ketones (excluding diaryl/α,β-unsaturated/α-hetero) is 1. The summed E-state index contributed by atoms with van der Waals surface area (Å²) in [5.74, 6) is 0.0561. The molecule has 2 heterocycles. The highest BCUT2D eigenvalue weighted by molar-refractivity contribution is 7.47. The average molecular weight is 648 g/mol. The minimum atomic E-state index is -4.52. The summed E-state index contributed by atoms with van der Waals surface area (Å²) in [6, 6.07) is -0.552. The van der Waals surface area contributed by atoms with Crippen molar-refractivity contribution in [3.05, 3.63) is 0 Å². The number of ether oxygens (including phenoxy) is 1. The van der Waals surface area contributed by atoms with Crippen LogP contribution in [-0.2, 0) is 32.7 Å². The van der Waals surface area contributed by atoms with Gasteiger partial charge in [-0.15, -0.1) is 0 Å². The summed E-state index contributed by atoms with van der Waals surface area (Å²) in [7, 11) is -4.52. The normalized spacial score (nSPS) is 23.7. The predicted octanol–water partition coefficient (Wildman–Crippen LogP) is 3.82. The number of phosphoric ester groups is 1. The molecule has 12 nitrogen and oxygen atoms in total. The molecule has 13 heteroatoms. The van der Waals surface area contributed by atoms with Gasteiger partial charge in [-0.1, -0.05) is 34.1 Å². The molecule has 0 aliphatic carbocycles. The summed E-state index contributed by atoms with van der Waals surface area (Å²) in [6.45, 7) is 12.6. The van der Waals surface area contributed by atoms with Crippen LogP contribution < -0.4 is 5.32 Å². The summed E-state index contributed by atoms with van der Waals surface area (Å²) in [6.07, 6.45) is 4.60. The van der Waals surface area contributed by atoms with Crippen molar-refractivity contribution in [3.63, 3.8) is 0 Å². The van der Waals surface area contributed by atoms with Crippen LogP contribution in [0.4, 0.5) is 0 Å². The molecule has 2 saturated heterocycles. The van der Waals surface area contributed by atoms with E-state index in [-0.39, 0.29) is 61.9 Å². The molecule has 0 aromatic heterocycles. The van der Waals surface area contributed by atoms with Crippen molar-refractivity contribution in [2.45, 2.75) is 142 Å². The van der Waals surface area contributed by atoms with Crippen molar-refractivity contribution in [2.24, 2.45) is 5.92 Å². The maximum absolute atomic E-state index is 13.1. The van der Waals surface area contributed by atoms with Gasteiger partial charge in [0, 0.05) is 44.3 Å². The second-order valence-electron chi connectivity index (χ2n) is 13.1. The Morgan fingerprint density at radius 2 is 1.41 bits per heavy atom. The Kier molecular flexibility index (Phi) is 17.0. The van der Waals surface area contributed by atoms with Crippen LogP contribution in [0, 0.1) is 5.92 Å². The van der Waals surface area contributed by atoms with E-state index < -0.39 is 26.0 Å². The van der Waals surface area contributed by atoms with E-state index in [1.807, 2.05) is 27.7 Å². The number of aliphatic hydroxyl groups excluding tert-OH is 1. The number of rotatable bonds is 21. The minimum Gasteiger partial charge on any atom is -0.394 e. The molecule has 44 heavy (non-hydrogen) atoms. The molecule has 0 bridgehead atoms. The Morgan fingerprint density at radius 3 is 2.00 bits per heavy atom. The fraction of sp³-hybridized carbons (Fsp3) is 0.903. The van der Waals surface area contributed by atoms with Crippen molar-refractivity contribution in [3.8, 4) is 0 Å². The van der Waals surface area contributed by atoms with Crippen molar-refractivity contribution >= 4 is 25.4 Å². The number of carbonyl (C=O) groups is 3. The third kappa shape index (κ3) is 13.9. The number of unbranched alkanes of at least 4 members (excludes halogenated alkanes) is 3. The molecule has 2 amide bonds. The van der Waals surface area contributed by atoms with E-state index in [2.05, 4.69) is 19.2 Å². The minimum absolute atomic E-state index is 0.0183. The van der Waals surface area contributed by atoms with Crippen LogP contribution in [0.25, 0.3) is 0 Å². The summed E-state index contributed by atoms with van der Waals surface area (Å²) in [5, 5.41) is 13.2. The molecule has 2 unspecified atom stereocenters. The standard InChI is InChI=1S/C31H58N3O9P/c1-22(2)29(36)12-8-7-9-13-31(38)34-18-27(42-24(5)6)17-26(34)21-41-44(39,40)43-28-16-25(20-35)33(19-28)30(37)14-10-11-15-32-23(3)4/h22-28,32,35H,7-21H2,1-6H3,(H,39,40)/t25-,26-,27+,28?/m0/s1. The molecule has 0 radical (unpaired) electrons. The molecule has 3 N–H and O–H groups in total. The molecule has 0 saturated carbocycles. The summed E-state index contributed by atoms with van der Waals surface area (Å²) < 4.78 is 29.8. The van der Waals surface area contributed by atoms with Crippen molar-refractivity contribution < 1.29 is 42.7 Å². The summed E-state index contributed by atoms with van der Waals surface area (Å²) in [4.78, 5) is 51.5. The highest BCUT2D eigenvalue weighted by Gasteiger charge is 2.41. The average Bonchev–Trinajstić information content (AvgIpc) is 3.53. The quantitative estimate of drug-likeness (QED) is 0.124. The fourth-order valence-electron chi connectivity index (χ4n) is 5.77. The topological polar surface area (TPSA) is 155 Å². The second-order valence-corrected chi connectivity index (χ2v) is 14.5. The molecule has 2 aliphatic heterocycles. The van der Waals surface area contributed by atoms with Crippen LogP contribution in [0.5, 0.6) is 0 Å². The number of hydrogen-bond donors (Lipinski definition) is 3. The third-order valence-electron chi connectivity index (χ3n) is 8.11. The Morgan fingerprint density at radius 1 is 0.841 bits per heavy atom. The van der Waals surface area contributed by atoms with E-state index >= 15 is 0 Å². The number of amides is 2. The fourth-order valence-corrected chi connectivity index (χ4v) is 6.72. The second kappa shape index (κ2) is 19.3. The molecule has 5 atom stereocenters. The number of nitrogens with zero attached hydrogens (tertiary/aromatic N) is 2. The largest absolute Gasteiger partial charge is 0.472 e. The lowest BCUT2D eigenvalue weighted by Crippen LogP contribution is -2.38. The summed E-state index contributed by atoms with van der Waals surface area (Å²) >= 11 is 0. The van der Waals surface area contributed by atoms with Gasteiger partial charge in [-0.3, -0.25) is 23.4 Å². The van der Waals surface area contributed by atoms with Gasteiger partial charge in [0.25, 0.3) is 0 Å². The van der Waals surface area contributed by atoms with Gasteiger partial charge in [0.15, 0.2) is 0 Å². The van der Waals surface area contributed by atoms with Gasteiger partial charge in [-0.25, -0.2) is 4.57 Å². The molecular formula is C31H58N3O9P. The maximum Gasteiger partial charge on any atom is 0.472 e.